The molecule has 5 heteroatoms. The second-order valence-electron chi connectivity index (χ2n) is 3.30. The molecule has 0 saturated carbocycles. The highest BCUT2D eigenvalue weighted by atomic mass is 16.8. The molecule has 2 rings (SSSR count). The quantitative estimate of drug-likeness (QED) is 0.576. The van der Waals surface area contributed by atoms with Gasteiger partial charge in [-0.1, -0.05) is 0 Å². The van der Waals surface area contributed by atoms with Crippen molar-refractivity contribution in [2.24, 2.45) is 0 Å². The smallest absolute Gasteiger partial charge is 0.226 e. The number of aliphatic hydroxyl groups is 2. The van der Waals surface area contributed by atoms with Crippen molar-refractivity contribution in [3.05, 3.63) is 0 Å². The molecule has 13 heavy (non-hydrogen) atoms. The third kappa shape index (κ3) is 1.19. The van der Waals surface area contributed by atoms with E-state index in [1.54, 1.807) is 0 Å². The average Bonchev–Trinajstić information content (AvgIpc) is 2.57. The molecule has 4 atom stereocenters. The Bertz CT molecular complexity index is 193. The molecular weight excluding hydrogens is 176 g/mol. The van der Waals surface area contributed by atoms with Gasteiger partial charge in [-0.3, -0.25) is 0 Å². The van der Waals surface area contributed by atoms with Gasteiger partial charge in [0.15, 0.2) is 0 Å². The Balaban J connectivity index is 2.19. The number of hydrogen-bond donors (Lipinski definition) is 2. The molecule has 2 heterocycles. The number of aliphatic hydroxyl groups excluding tert-OH is 2. The molecule has 0 unspecified atom stereocenters. The summed E-state index contributed by atoms with van der Waals surface area (Å²) >= 11 is 0. The van der Waals surface area contributed by atoms with Crippen LogP contribution >= 0.6 is 0 Å². The molecule has 0 aromatic heterocycles. The van der Waals surface area contributed by atoms with Crippen LogP contribution in [0.4, 0.5) is 0 Å². The summed E-state index contributed by atoms with van der Waals surface area (Å²) in [6.07, 6.45) is -2.07. The van der Waals surface area contributed by atoms with Crippen LogP contribution in [0.15, 0.2) is 0 Å². The van der Waals surface area contributed by atoms with E-state index in [4.69, 9.17) is 14.2 Å². The number of fused-ring (bicyclic) bond motifs is 1. The van der Waals surface area contributed by atoms with Crippen molar-refractivity contribution < 1.29 is 24.4 Å². The summed E-state index contributed by atoms with van der Waals surface area (Å²) in [7, 11) is 0. The minimum absolute atomic E-state index is 0.154. The lowest BCUT2D eigenvalue weighted by molar-refractivity contribution is -0.254. The number of hydrogen-bond acceptors (Lipinski definition) is 5. The van der Waals surface area contributed by atoms with Crippen LogP contribution in [0.3, 0.4) is 0 Å². The van der Waals surface area contributed by atoms with Crippen LogP contribution in [0.25, 0.3) is 0 Å². The van der Waals surface area contributed by atoms with Crippen LogP contribution in [-0.2, 0) is 14.2 Å². The van der Waals surface area contributed by atoms with Gasteiger partial charge in [0, 0.05) is 6.61 Å². The molecule has 0 bridgehead atoms. The van der Waals surface area contributed by atoms with Crippen LogP contribution in [0.5, 0.6) is 0 Å². The van der Waals surface area contributed by atoms with E-state index in [0.717, 1.165) is 0 Å². The molecule has 0 aromatic rings. The molecule has 2 aliphatic rings. The lowest BCUT2D eigenvalue weighted by Crippen LogP contribution is -2.49. The van der Waals surface area contributed by atoms with Crippen molar-refractivity contribution in [2.45, 2.75) is 31.0 Å². The van der Waals surface area contributed by atoms with Gasteiger partial charge in [0.2, 0.25) is 5.79 Å². The van der Waals surface area contributed by atoms with Crippen molar-refractivity contribution in [1.29, 1.82) is 0 Å². The topological polar surface area (TPSA) is 68.2 Å². The minimum atomic E-state index is -1.13. The maximum Gasteiger partial charge on any atom is 0.226 e. The molecule has 0 amide bonds. The van der Waals surface area contributed by atoms with E-state index < -0.39 is 24.1 Å². The zero-order chi connectivity index (χ0) is 9.47. The van der Waals surface area contributed by atoms with Crippen LogP contribution in [-0.4, -0.2) is 54.1 Å². The van der Waals surface area contributed by atoms with Gasteiger partial charge in [-0.05, 0) is 6.92 Å². The predicted molar refractivity (Wildman–Crippen MR) is 42.1 cm³/mol. The van der Waals surface area contributed by atoms with Gasteiger partial charge in [-0.25, -0.2) is 0 Å². The number of rotatable bonds is 2. The van der Waals surface area contributed by atoms with Crippen molar-refractivity contribution >= 4 is 0 Å². The van der Waals surface area contributed by atoms with Crippen LogP contribution in [0.1, 0.15) is 6.92 Å². The molecule has 0 aliphatic carbocycles. The zero-order valence-corrected chi connectivity index (χ0v) is 7.47. The number of ether oxygens (including phenoxy) is 3. The minimum Gasteiger partial charge on any atom is -0.388 e. The molecule has 2 saturated heterocycles. The Labute approximate surface area is 76.2 Å². The van der Waals surface area contributed by atoms with Crippen molar-refractivity contribution in [1.82, 2.24) is 0 Å². The SMILES string of the molecule is CCO[C@]12OC[C@@H](O)[C@H]1OC[C@@H]2O. The van der Waals surface area contributed by atoms with Crippen molar-refractivity contribution in [2.75, 3.05) is 19.8 Å². The second kappa shape index (κ2) is 3.18. The molecule has 0 radical (unpaired) electrons. The van der Waals surface area contributed by atoms with E-state index in [1.165, 1.54) is 0 Å². The van der Waals surface area contributed by atoms with E-state index in [0.29, 0.717) is 6.61 Å². The van der Waals surface area contributed by atoms with Gasteiger partial charge in [0.1, 0.15) is 18.3 Å². The van der Waals surface area contributed by atoms with Crippen molar-refractivity contribution in [3.8, 4) is 0 Å². The summed E-state index contributed by atoms with van der Waals surface area (Å²) in [5.41, 5.74) is 0. The standard InChI is InChI=1S/C8H14O5/c1-2-12-8-6(10)4-11-7(8)5(9)3-13-8/h5-7,9-10H,2-4H2,1H3/t5-,6+,7-,8-/m1/s1. The lowest BCUT2D eigenvalue weighted by Gasteiger charge is -2.29. The first-order valence-electron chi connectivity index (χ1n) is 4.46. The van der Waals surface area contributed by atoms with Crippen LogP contribution < -0.4 is 0 Å². The Morgan fingerprint density at radius 3 is 2.92 bits per heavy atom. The summed E-state index contributed by atoms with van der Waals surface area (Å²) < 4.78 is 15.8. The van der Waals surface area contributed by atoms with Crippen LogP contribution in [0, 0.1) is 0 Å². The molecule has 0 aromatic carbocycles. The van der Waals surface area contributed by atoms with E-state index >= 15 is 0 Å². The third-order valence-electron chi connectivity index (χ3n) is 2.49. The van der Waals surface area contributed by atoms with Gasteiger partial charge in [-0.2, -0.15) is 0 Å². The molecule has 5 nitrogen and oxygen atoms in total. The van der Waals surface area contributed by atoms with E-state index in [9.17, 15) is 10.2 Å². The highest BCUT2D eigenvalue weighted by Gasteiger charge is 2.60. The lowest BCUT2D eigenvalue weighted by atomic mass is 10.1. The summed E-state index contributed by atoms with van der Waals surface area (Å²) in [4.78, 5) is 0. The fourth-order valence-corrected chi connectivity index (χ4v) is 1.92. The first kappa shape index (κ1) is 9.36. The molecule has 2 fully saturated rings. The predicted octanol–water partition coefficient (Wildman–Crippen LogP) is -1.13. The second-order valence-corrected chi connectivity index (χ2v) is 3.30. The van der Waals surface area contributed by atoms with Crippen LogP contribution in [0.2, 0.25) is 0 Å². The molecule has 76 valence electrons. The monoisotopic (exact) mass is 190 g/mol. The first-order valence-corrected chi connectivity index (χ1v) is 4.46. The first-order chi connectivity index (χ1) is 6.20. The molecular formula is C8H14O5. The van der Waals surface area contributed by atoms with Gasteiger partial charge >= 0.3 is 0 Å². The van der Waals surface area contributed by atoms with Gasteiger partial charge in [-0.15, -0.1) is 0 Å². The fourth-order valence-electron chi connectivity index (χ4n) is 1.92. The summed E-state index contributed by atoms with van der Waals surface area (Å²) in [5.74, 6) is -1.13. The van der Waals surface area contributed by atoms with Gasteiger partial charge in [0.05, 0.1) is 13.2 Å². The largest absolute Gasteiger partial charge is 0.388 e. The Hall–Kier alpha value is -0.200. The maximum atomic E-state index is 9.61. The Morgan fingerprint density at radius 1 is 1.46 bits per heavy atom. The van der Waals surface area contributed by atoms with Gasteiger partial charge in [0.25, 0.3) is 0 Å². The Kier molecular flexibility index (Phi) is 2.29. The van der Waals surface area contributed by atoms with Crippen molar-refractivity contribution in [3.63, 3.8) is 0 Å². The summed E-state index contributed by atoms with van der Waals surface area (Å²) in [6, 6.07) is 0. The van der Waals surface area contributed by atoms with E-state index in [2.05, 4.69) is 0 Å². The average molecular weight is 190 g/mol. The normalized spacial score (nSPS) is 49.6. The maximum absolute atomic E-state index is 9.61. The highest BCUT2D eigenvalue weighted by Crippen LogP contribution is 2.38. The molecule has 2 N–H and O–H groups in total. The Morgan fingerprint density at radius 2 is 2.23 bits per heavy atom. The van der Waals surface area contributed by atoms with E-state index in [-0.39, 0.29) is 13.2 Å². The summed E-state index contributed by atoms with van der Waals surface area (Å²) in [5, 5.41) is 19.1. The van der Waals surface area contributed by atoms with Gasteiger partial charge < -0.3 is 24.4 Å². The highest BCUT2D eigenvalue weighted by molar-refractivity contribution is 5.01. The fraction of sp³-hybridized carbons (Fsp3) is 1.00. The third-order valence-corrected chi connectivity index (χ3v) is 2.49. The summed E-state index contributed by atoms with van der Waals surface area (Å²) in [6.45, 7) is 2.54. The van der Waals surface area contributed by atoms with E-state index in [1.807, 2.05) is 6.92 Å². The zero-order valence-electron chi connectivity index (χ0n) is 7.47. The molecule has 2 aliphatic heterocycles. The molecule has 0 spiro atoms.